The first-order chi connectivity index (χ1) is 10.3. The molecular weight excluding hydrogens is 260 g/mol. The Balaban J connectivity index is 1.94. The van der Waals surface area contributed by atoms with Crippen LogP contribution in [0.1, 0.15) is 11.6 Å². The second kappa shape index (κ2) is 5.94. The first-order valence-electron chi connectivity index (χ1n) is 7.09. The molecule has 21 heavy (non-hydrogen) atoms. The monoisotopic (exact) mass is 278 g/mol. The lowest BCUT2D eigenvalue weighted by atomic mass is 10.0. The van der Waals surface area contributed by atoms with Crippen LogP contribution in [0.25, 0.3) is 10.8 Å². The molecular formula is C18H18N2O. The van der Waals surface area contributed by atoms with Crippen molar-refractivity contribution in [1.82, 2.24) is 9.88 Å². The Morgan fingerprint density at radius 1 is 1.00 bits per heavy atom. The lowest BCUT2D eigenvalue weighted by Gasteiger charge is -2.18. The maximum atomic E-state index is 11.8. The van der Waals surface area contributed by atoms with E-state index in [1.807, 2.05) is 31.4 Å². The van der Waals surface area contributed by atoms with E-state index in [9.17, 15) is 4.79 Å². The zero-order valence-corrected chi connectivity index (χ0v) is 12.0. The van der Waals surface area contributed by atoms with E-state index in [0.29, 0.717) is 6.54 Å². The Hall–Kier alpha value is -2.39. The molecule has 1 unspecified atom stereocenters. The van der Waals surface area contributed by atoms with E-state index in [0.717, 1.165) is 0 Å². The largest absolute Gasteiger partial charge is 0.314 e. The van der Waals surface area contributed by atoms with Gasteiger partial charge in [-0.1, -0.05) is 42.5 Å². The van der Waals surface area contributed by atoms with Gasteiger partial charge in [0.25, 0.3) is 5.56 Å². The molecule has 1 atom stereocenters. The van der Waals surface area contributed by atoms with Crippen LogP contribution in [0.3, 0.4) is 0 Å². The number of nitrogens with zero attached hydrogens (tertiary/aromatic N) is 1. The first kappa shape index (κ1) is 13.6. The molecule has 0 saturated carbocycles. The van der Waals surface area contributed by atoms with Gasteiger partial charge < -0.3 is 9.88 Å². The summed E-state index contributed by atoms with van der Waals surface area (Å²) in [5.41, 5.74) is 1.21. The fraction of sp³-hybridized carbons (Fsp3) is 0.167. The summed E-state index contributed by atoms with van der Waals surface area (Å²) in [5, 5.41) is 5.75. The summed E-state index contributed by atoms with van der Waals surface area (Å²) in [6, 6.07) is 20.1. The van der Waals surface area contributed by atoms with Crippen molar-refractivity contribution in [3.63, 3.8) is 0 Å². The van der Waals surface area contributed by atoms with E-state index in [1.54, 1.807) is 16.7 Å². The van der Waals surface area contributed by atoms with E-state index in [1.165, 1.54) is 16.3 Å². The van der Waals surface area contributed by atoms with Gasteiger partial charge in [-0.3, -0.25) is 4.79 Å². The van der Waals surface area contributed by atoms with Gasteiger partial charge in [0.15, 0.2) is 0 Å². The first-order valence-corrected chi connectivity index (χ1v) is 7.09. The number of hydrogen-bond donors (Lipinski definition) is 1. The van der Waals surface area contributed by atoms with Crippen molar-refractivity contribution < 1.29 is 0 Å². The minimum Gasteiger partial charge on any atom is -0.314 e. The molecule has 2 aromatic carbocycles. The summed E-state index contributed by atoms with van der Waals surface area (Å²) in [6.07, 6.45) is 1.83. The molecule has 0 aliphatic carbocycles. The summed E-state index contributed by atoms with van der Waals surface area (Å²) in [7, 11) is 1.92. The third kappa shape index (κ3) is 2.88. The van der Waals surface area contributed by atoms with Crippen LogP contribution in [0.5, 0.6) is 0 Å². The van der Waals surface area contributed by atoms with Gasteiger partial charge in [0, 0.05) is 18.8 Å². The zero-order valence-electron chi connectivity index (χ0n) is 12.0. The summed E-state index contributed by atoms with van der Waals surface area (Å²) < 4.78 is 1.73. The van der Waals surface area contributed by atoms with Gasteiger partial charge in [-0.05, 0) is 35.5 Å². The number of pyridine rings is 1. The van der Waals surface area contributed by atoms with Gasteiger partial charge in [-0.2, -0.15) is 0 Å². The summed E-state index contributed by atoms with van der Waals surface area (Å²) in [4.78, 5) is 11.8. The fourth-order valence-corrected chi connectivity index (χ4v) is 2.60. The maximum Gasteiger partial charge on any atom is 0.250 e. The number of fused-ring (bicyclic) bond motifs is 1. The van der Waals surface area contributed by atoms with Crippen molar-refractivity contribution in [3.05, 3.63) is 82.8 Å². The van der Waals surface area contributed by atoms with Gasteiger partial charge in [-0.15, -0.1) is 0 Å². The van der Waals surface area contributed by atoms with Crippen molar-refractivity contribution in [2.75, 3.05) is 7.05 Å². The molecule has 1 heterocycles. The molecule has 3 nitrogen and oxygen atoms in total. The molecule has 0 aliphatic heterocycles. The maximum absolute atomic E-state index is 11.8. The molecule has 0 radical (unpaired) electrons. The Morgan fingerprint density at radius 2 is 1.76 bits per heavy atom. The third-order valence-corrected chi connectivity index (χ3v) is 3.80. The molecule has 3 heteroatoms. The molecule has 1 aromatic heterocycles. The lowest BCUT2D eigenvalue weighted by molar-refractivity contribution is 0.491. The van der Waals surface area contributed by atoms with Crippen LogP contribution in [0, 0.1) is 0 Å². The molecule has 1 N–H and O–H groups in total. The highest BCUT2D eigenvalue weighted by Crippen LogP contribution is 2.21. The number of hydrogen-bond acceptors (Lipinski definition) is 2. The molecule has 0 aliphatic rings. The van der Waals surface area contributed by atoms with Crippen LogP contribution in [-0.4, -0.2) is 11.6 Å². The Labute approximate surface area is 123 Å². The van der Waals surface area contributed by atoms with Crippen LogP contribution in [0.15, 0.2) is 71.7 Å². The molecule has 0 spiro atoms. The Bertz CT molecular complexity index is 807. The van der Waals surface area contributed by atoms with Crippen LogP contribution in [0.2, 0.25) is 0 Å². The second-order valence-electron chi connectivity index (χ2n) is 5.14. The quantitative estimate of drug-likeness (QED) is 0.796. The SMILES string of the molecule is CNC(Cn1ccccc1=O)c1ccc2ccccc2c1. The average Bonchev–Trinajstić information content (AvgIpc) is 2.54. The van der Waals surface area contributed by atoms with Gasteiger partial charge in [0.1, 0.15) is 0 Å². The predicted molar refractivity (Wildman–Crippen MR) is 86.5 cm³/mol. The van der Waals surface area contributed by atoms with E-state index in [-0.39, 0.29) is 11.6 Å². The highest BCUT2D eigenvalue weighted by Gasteiger charge is 2.11. The minimum atomic E-state index is 0.0264. The topological polar surface area (TPSA) is 34.0 Å². The van der Waals surface area contributed by atoms with Gasteiger partial charge in [0.2, 0.25) is 0 Å². The zero-order chi connectivity index (χ0) is 14.7. The second-order valence-corrected chi connectivity index (χ2v) is 5.14. The molecule has 3 rings (SSSR count). The van der Waals surface area contributed by atoms with Crippen LogP contribution < -0.4 is 10.9 Å². The van der Waals surface area contributed by atoms with Gasteiger partial charge >= 0.3 is 0 Å². The van der Waals surface area contributed by atoms with E-state index >= 15 is 0 Å². The smallest absolute Gasteiger partial charge is 0.250 e. The van der Waals surface area contributed by atoms with Crippen molar-refractivity contribution >= 4 is 10.8 Å². The summed E-state index contributed by atoms with van der Waals surface area (Å²) in [5.74, 6) is 0. The van der Waals surface area contributed by atoms with Crippen LogP contribution in [0.4, 0.5) is 0 Å². The van der Waals surface area contributed by atoms with E-state index in [4.69, 9.17) is 0 Å². The Kier molecular flexibility index (Phi) is 3.84. The fourth-order valence-electron chi connectivity index (χ4n) is 2.60. The van der Waals surface area contributed by atoms with Gasteiger partial charge in [-0.25, -0.2) is 0 Å². The molecule has 0 fully saturated rings. The Morgan fingerprint density at radius 3 is 2.52 bits per heavy atom. The van der Waals surface area contributed by atoms with E-state index in [2.05, 4.69) is 35.6 Å². The summed E-state index contributed by atoms with van der Waals surface area (Å²) >= 11 is 0. The van der Waals surface area contributed by atoms with Gasteiger partial charge in [0.05, 0.1) is 6.04 Å². The van der Waals surface area contributed by atoms with Crippen LogP contribution in [-0.2, 0) is 6.54 Å². The van der Waals surface area contributed by atoms with Crippen LogP contribution >= 0.6 is 0 Å². The molecule has 0 saturated heterocycles. The minimum absolute atomic E-state index is 0.0264. The predicted octanol–water partition coefficient (Wildman–Crippen LogP) is 2.96. The standard InChI is InChI=1S/C18H18N2O/c1-19-17(13-20-11-5-4-8-18(20)21)16-10-9-14-6-2-3-7-15(14)12-16/h2-12,17,19H,13H2,1H3. The molecule has 3 aromatic rings. The number of likely N-dealkylation sites (N-methyl/N-ethyl adjacent to an activating group) is 1. The number of aromatic nitrogens is 1. The van der Waals surface area contributed by atoms with Crippen molar-refractivity contribution in [2.45, 2.75) is 12.6 Å². The third-order valence-electron chi connectivity index (χ3n) is 3.80. The number of benzene rings is 2. The molecule has 106 valence electrons. The van der Waals surface area contributed by atoms with Crippen molar-refractivity contribution in [1.29, 1.82) is 0 Å². The normalized spacial score (nSPS) is 12.4. The van der Waals surface area contributed by atoms with E-state index < -0.39 is 0 Å². The number of nitrogens with one attached hydrogen (secondary N) is 1. The summed E-state index contributed by atoms with van der Waals surface area (Å²) in [6.45, 7) is 0.620. The highest BCUT2D eigenvalue weighted by atomic mass is 16.1. The van der Waals surface area contributed by atoms with Crippen molar-refractivity contribution in [2.24, 2.45) is 0 Å². The molecule has 0 amide bonds. The lowest BCUT2D eigenvalue weighted by Crippen LogP contribution is -2.27. The number of rotatable bonds is 4. The average molecular weight is 278 g/mol. The highest BCUT2D eigenvalue weighted by molar-refractivity contribution is 5.83. The molecule has 0 bridgehead atoms. The van der Waals surface area contributed by atoms with Crippen molar-refractivity contribution in [3.8, 4) is 0 Å².